The Kier molecular flexibility index (Phi) is 4.63. The van der Waals surface area contributed by atoms with Gasteiger partial charge in [0.25, 0.3) is 5.91 Å². The summed E-state index contributed by atoms with van der Waals surface area (Å²) in [7, 11) is 3.04. The number of carbonyl (C=O) groups excluding carboxylic acids is 1. The maximum absolute atomic E-state index is 12.4. The van der Waals surface area contributed by atoms with E-state index < -0.39 is 0 Å². The lowest BCUT2D eigenvalue weighted by atomic mass is 10.1. The van der Waals surface area contributed by atoms with Gasteiger partial charge in [-0.3, -0.25) is 4.79 Å². The van der Waals surface area contributed by atoms with Gasteiger partial charge in [-0.15, -0.1) is 0 Å². The number of ether oxygens (including phenoxy) is 2. The van der Waals surface area contributed by atoms with Crippen molar-refractivity contribution >= 4 is 27.5 Å². The fraction of sp³-hybridized carbons (Fsp3) is 0.133. The van der Waals surface area contributed by atoms with Gasteiger partial charge in [0.05, 0.1) is 14.2 Å². The van der Waals surface area contributed by atoms with Gasteiger partial charge in [0.1, 0.15) is 17.1 Å². The number of hydrogen-bond acceptors (Lipinski definition) is 3. The second-order valence-electron chi connectivity index (χ2n) is 4.00. The Morgan fingerprint density at radius 3 is 2.20 bits per heavy atom. The van der Waals surface area contributed by atoms with E-state index in [-0.39, 0.29) is 5.91 Å². The maximum atomic E-state index is 12.4. The maximum Gasteiger partial charge on any atom is 0.263 e. The quantitative estimate of drug-likeness (QED) is 0.926. The van der Waals surface area contributed by atoms with Crippen LogP contribution in [0.25, 0.3) is 0 Å². The topological polar surface area (TPSA) is 47.6 Å². The smallest absolute Gasteiger partial charge is 0.263 e. The molecule has 5 heteroatoms. The van der Waals surface area contributed by atoms with E-state index in [1.54, 1.807) is 18.2 Å². The van der Waals surface area contributed by atoms with Gasteiger partial charge in [0.15, 0.2) is 0 Å². The lowest BCUT2D eigenvalue weighted by Gasteiger charge is -2.13. The molecule has 0 unspecified atom stereocenters. The lowest BCUT2D eigenvalue weighted by molar-refractivity contribution is 0.102. The second-order valence-corrected chi connectivity index (χ2v) is 4.92. The minimum atomic E-state index is -0.280. The van der Waals surface area contributed by atoms with Crippen molar-refractivity contribution in [2.45, 2.75) is 0 Å². The zero-order valence-electron chi connectivity index (χ0n) is 11.1. The van der Waals surface area contributed by atoms with Crippen molar-refractivity contribution in [2.24, 2.45) is 0 Å². The molecule has 0 radical (unpaired) electrons. The second kappa shape index (κ2) is 6.43. The fourth-order valence-corrected chi connectivity index (χ4v) is 2.23. The molecule has 0 aliphatic carbocycles. The first-order chi connectivity index (χ1) is 9.65. The third kappa shape index (κ3) is 3.11. The minimum absolute atomic E-state index is 0.280. The van der Waals surface area contributed by atoms with Crippen molar-refractivity contribution in [3.8, 4) is 11.5 Å². The molecule has 0 saturated carbocycles. The number of anilines is 1. The Morgan fingerprint density at radius 1 is 1.05 bits per heavy atom. The Morgan fingerprint density at radius 2 is 1.65 bits per heavy atom. The normalized spacial score (nSPS) is 9.95. The molecule has 1 amide bonds. The molecule has 0 saturated heterocycles. The predicted octanol–water partition coefficient (Wildman–Crippen LogP) is 3.72. The summed E-state index contributed by atoms with van der Waals surface area (Å²) in [6, 6.07) is 12.6. The van der Waals surface area contributed by atoms with E-state index in [2.05, 4.69) is 21.2 Å². The average molecular weight is 336 g/mol. The molecule has 4 nitrogen and oxygen atoms in total. The van der Waals surface area contributed by atoms with Gasteiger partial charge < -0.3 is 14.8 Å². The van der Waals surface area contributed by atoms with Crippen molar-refractivity contribution in [1.82, 2.24) is 0 Å². The van der Waals surface area contributed by atoms with E-state index in [4.69, 9.17) is 9.47 Å². The van der Waals surface area contributed by atoms with E-state index in [0.29, 0.717) is 22.7 Å². The molecule has 0 atom stereocenters. The van der Waals surface area contributed by atoms with E-state index in [9.17, 15) is 4.79 Å². The molecule has 104 valence electrons. The zero-order valence-corrected chi connectivity index (χ0v) is 12.7. The van der Waals surface area contributed by atoms with Crippen molar-refractivity contribution < 1.29 is 14.3 Å². The van der Waals surface area contributed by atoms with Crippen molar-refractivity contribution in [1.29, 1.82) is 0 Å². The number of rotatable bonds is 4. The number of hydrogen-bond donors (Lipinski definition) is 1. The number of halogens is 1. The number of nitrogens with one attached hydrogen (secondary N) is 1. The number of methoxy groups -OCH3 is 2. The highest BCUT2D eigenvalue weighted by Gasteiger charge is 2.18. The van der Waals surface area contributed by atoms with Gasteiger partial charge in [-0.25, -0.2) is 0 Å². The highest BCUT2D eigenvalue weighted by molar-refractivity contribution is 9.10. The third-order valence-electron chi connectivity index (χ3n) is 2.74. The molecule has 2 rings (SSSR count). The monoisotopic (exact) mass is 335 g/mol. The van der Waals surface area contributed by atoms with Crippen LogP contribution in [-0.4, -0.2) is 20.1 Å². The highest BCUT2D eigenvalue weighted by atomic mass is 79.9. The molecule has 0 spiro atoms. The van der Waals surface area contributed by atoms with Gasteiger partial charge >= 0.3 is 0 Å². The summed E-state index contributed by atoms with van der Waals surface area (Å²) in [5, 5.41) is 2.82. The first kappa shape index (κ1) is 14.4. The minimum Gasteiger partial charge on any atom is -0.496 e. The molecular weight excluding hydrogens is 322 g/mol. The average Bonchev–Trinajstić information content (AvgIpc) is 2.46. The first-order valence-electron chi connectivity index (χ1n) is 5.93. The largest absolute Gasteiger partial charge is 0.496 e. The van der Waals surface area contributed by atoms with Crippen molar-refractivity contribution in [2.75, 3.05) is 19.5 Å². The summed E-state index contributed by atoms with van der Waals surface area (Å²) in [4.78, 5) is 12.4. The van der Waals surface area contributed by atoms with Crippen LogP contribution in [0.5, 0.6) is 11.5 Å². The van der Waals surface area contributed by atoms with Crippen LogP contribution >= 0.6 is 15.9 Å². The zero-order chi connectivity index (χ0) is 14.5. The first-order valence-corrected chi connectivity index (χ1v) is 6.73. The molecule has 0 aliphatic heterocycles. The van der Waals surface area contributed by atoms with Crippen molar-refractivity contribution in [3.05, 3.63) is 52.5 Å². The Bertz CT molecular complexity index is 606. The number of benzene rings is 2. The van der Waals surface area contributed by atoms with Crippen LogP contribution in [-0.2, 0) is 0 Å². The van der Waals surface area contributed by atoms with Gasteiger partial charge in [0.2, 0.25) is 0 Å². The Labute approximate surface area is 125 Å². The van der Waals surface area contributed by atoms with Gasteiger partial charge in [-0.2, -0.15) is 0 Å². The summed E-state index contributed by atoms with van der Waals surface area (Å²) in [5.74, 6) is 0.658. The molecule has 2 aromatic carbocycles. The van der Waals surface area contributed by atoms with Crippen molar-refractivity contribution in [3.63, 3.8) is 0 Å². The highest BCUT2D eigenvalue weighted by Crippen LogP contribution is 2.29. The Hall–Kier alpha value is -2.01. The van der Waals surface area contributed by atoms with Crippen LogP contribution in [0, 0.1) is 0 Å². The molecule has 1 N–H and O–H groups in total. The molecule has 0 fully saturated rings. The molecule has 0 bridgehead atoms. The molecule has 2 aromatic rings. The molecule has 0 aromatic heterocycles. The summed E-state index contributed by atoms with van der Waals surface area (Å²) in [6.45, 7) is 0. The van der Waals surface area contributed by atoms with Crippen LogP contribution < -0.4 is 14.8 Å². The van der Waals surface area contributed by atoms with Crippen LogP contribution in [0.15, 0.2) is 46.9 Å². The van der Waals surface area contributed by atoms with Crippen LogP contribution in [0.3, 0.4) is 0 Å². The molecule has 20 heavy (non-hydrogen) atoms. The molecule has 0 heterocycles. The lowest BCUT2D eigenvalue weighted by Crippen LogP contribution is -2.14. The third-order valence-corrected chi connectivity index (χ3v) is 3.23. The summed E-state index contributed by atoms with van der Waals surface area (Å²) < 4.78 is 11.3. The Balaban J connectivity index is 2.33. The molecular formula is C15H14BrNO3. The van der Waals surface area contributed by atoms with Crippen LogP contribution in [0.1, 0.15) is 10.4 Å². The summed E-state index contributed by atoms with van der Waals surface area (Å²) in [6.07, 6.45) is 0. The molecule has 0 aliphatic rings. The summed E-state index contributed by atoms with van der Waals surface area (Å²) in [5.41, 5.74) is 1.06. The van der Waals surface area contributed by atoms with E-state index in [1.165, 1.54) is 14.2 Å². The van der Waals surface area contributed by atoms with Gasteiger partial charge in [-0.05, 0) is 30.3 Å². The van der Waals surface area contributed by atoms with E-state index in [0.717, 1.165) is 4.47 Å². The van der Waals surface area contributed by atoms with Gasteiger partial charge in [0, 0.05) is 10.2 Å². The van der Waals surface area contributed by atoms with E-state index in [1.807, 2.05) is 24.3 Å². The fourth-order valence-electron chi connectivity index (χ4n) is 1.83. The van der Waals surface area contributed by atoms with Gasteiger partial charge in [-0.1, -0.05) is 28.1 Å². The van der Waals surface area contributed by atoms with E-state index >= 15 is 0 Å². The SMILES string of the molecule is COc1cccc(OC)c1C(=O)Nc1cccc(Br)c1. The summed E-state index contributed by atoms with van der Waals surface area (Å²) >= 11 is 3.36. The number of carbonyl (C=O) groups is 1. The standard InChI is InChI=1S/C15H14BrNO3/c1-19-12-7-4-8-13(20-2)14(12)15(18)17-11-6-3-5-10(16)9-11/h3-9H,1-2H3,(H,17,18). The number of amides is 1. The predicted molar refractivity (Wildman–Crippen MR) is 81.6 cm³/mol. The van der Waals surface area contributed by atoms with Crippen LogP contribution in [0.4, 0.5) is 5.69 Å². The van der Waals surface area contributed by atoms with Crippen LogP contribution in [0.2, 0.25) is 0 Å².